The van der Waals surface area contributed by atoms with Gasteiger partial charge in [0.15, 0.2) is 0 Å². The number of hydrogen-bond donors (Lipinski definition) is 2. The largest absolute Gasteiger partial charge is 0.448 e. The normalized spacial score (nSPS) is 12.7. The smallest absolute Gasteiger partial charge is 0.433 e. The molecule has 0 saturated carbocycles. The van der Waals surface area contributed by atoms with Crippen molar-refractivity contribution in [2.24, 2.45) is 0 Å². The highest BCUT2D eigenvalue weighted by Crippen LogP contribution is 2.39. The molecule has 1 atom stereocenters. The van der Waals surface area contributed by atoms with Gasteiger partial charge in [0, 0.05) is 6.42 Å². The van der Waals surface area contributed by atoms with Gasteiger partial charge in [0.1, 0.15) is 6.10 Å². The van der Waals surface area contributed by atoms with Gasteiger partial charge in [-0.3, -0.25) is 0 Å². The minimum Gasteiger partial charge on any atom is -0.448 e. The minimum atomic E-state index is -4.90. The molecule has 0 aromatic heterocycles. The van der Waals surface area contributed by atoms with Crippen LogP contribution in [0.4, 0.5) is 4.79 Å². The van der Waals surface area contributed by atoms with Gasteiger partial charge < -0.3 is 14.5 Å². The highest BCUT2D eigenvalue weighted by molar-refractivity contribution is 7.69. The fraction of sp³-hybridized carbons (Fsp3) is 0.133. The molecule has 5 nitrogen and oxygen atoms in total. The Bertz CT molecular complexity index is 636. The monoisotopic (exact) mass is 306 g/mol. The van der Waals surface area contributed by atoms with E-state index in [1.807, 2.05) is 36.4 Å². The summed E-state index contributed by atoms with van der Waals surface area (Å²) in [4.78, 5) is 29.2. The third-order valence-electron chi connectivity index (χ3n) is 2.92. The van der Waals surface area contributed by atoms with Crippen LogP contribution in [0.15, 0.2) is 60.7 Å². The Balaban J connectivity index is 2.23. The summed E-state index contributed by atoms with van der Waals surface area (Å²) in [6.07, 6.45) is -0.398. The van der Waals surface area contributed by atoms with Gasteiger partial charge in [0.2, 0.25) is 0 Å². The highest BCUT2D eigenvalue weighted by Gasteiger charge is 2.31. The third-order valence-corrected chi connectivity index (χ3v) is 3.50. The van der Waals surface area contributed by atoms with Crippen LogP contribution in [0, 0.1) is 0 Å². The number of carbonyl (C=O) groups excluding carboxylic acids is 1. The van der Waals surface area contributed by atoms with Crippen molar-refractivity contribution in [3.63, 3.8) is 0 Å². The average molecular weight is 306 g/mol. The van der Waals surface area contributed by atoms with Crippen LogP contribution in [-0.4, -0.2) is 15.5 Å². The maximum absolute atomic E-state index is 11.5. The van der Waals surface area contributed by atoms with Gasteiger partial charge in [0.25, 0.3) is 0 Å². The molecule has 1 unspecified atom stereocenters. The molecule has 2 rings (SSSR count). The lowest BCUT2D eigenvalue weighted by atomic mass is 10.0. The van der Waals surface area contributed by atoms with Gasteiger partial charge in [0.05, 0.1) is 0 Å². The first kappa shape index (κ1) is 15.4. The van der Waals surface area contributed by atoms with Crippen LogP contribution < -0.4 is 0 Å². The molecule has 0 fully saturated rings. The lowest BCUT2D eigenvalue weighted by Gasteiger charge is -2.18. The molecule has 2 aromatic rings. The summed E-state index contributed by atoms with van der Waals surface area (Å²) in [6, 6.07) is 18.2. The van der Waals surface area contributed by atoms with Crippen LogP contribution >= 0.6 is 7.60 Å². The van der Waals surface area contributed by atoms with Crippen molar-refractivity contribution in [1.82, 2.24) is 0 Å². The lowest BCUT2D eigenvalue weighted by molar-refractivity contribution is 0.114. The van der Waals surface area contributed by atoms with E-state index in [4.69, 9.17) is 14.5 Å². The van der Waals surface area contributed by atoms with Crippen LogP contribution in [0.2, 0.25) is 0 Å². The molecule has 0 aliphatic heterocycles. The molecular formula is C15H15O5P. The van der Waals surface area contributed by atoms with E-state index in [1.165, 1.54) is 0 Å². The second-order valence-corrected chi connectivity index (χ2v) is 5.97. The summed E-state index contributed by atoms with van der Waals surface area (Å²) in [6.45, 7) is 0. The Morgan fingerprint density at radius 3 is 2.05 bits per heavy atom. The molecule has 0 radical (unpaired) electrons. The molecule has 0 amide bonds. The number of hydrogen-bond acceptors (Lipinski definition) is 3. The second-order valence-electron chi connectivity index (χ2n) is 4.52. The highest BCUT2D eigenvalue weighted by atomic mass is 31.2. The van der Waals surface area contributed by atoms with Gasteiger partial charge in [-0.05, 0) is 11.1 Å². The Labute approximate surface area is 122 Å². The molecule has 110 valence electrons. The van der Waals surface area contributed by atoms with Crippen molar-refractivity contribution in [2.75, 3.05) is 0 Å². The first-order valence-corrected chi connectivity index (χ1v) is 7.93. The lowest BCUT2D eigenvalue weighted by Crippen LogP contribution is -2.12. The topological polar surface area (TPSA) is 83.8 Å². The zero-order chi connectivity index (χ0) is 15.3. The van der Waals surface area contributed by atoms with E-state index in [1.54, 1.807) is 24.3 Å². The number of benzene rings is 2. The standard InChI is InChI=1S/C15H15O5P/c16-15(21(17,18)19)20-14(13-9-5-2-6-10-13)11-12-7-3-1-4-8-12/h1-10,14H,11H2,(H2,17,18,19). The van der Waals surface area contributed by atoms with Gasteiger partial charge in [-0.15, -0.1) is 0 Å². The van der Waals surface area contributed by atoms with Gasteiger partial charge in [-0.2, -0.15) is 0 Å². The fourth-order valence-electron chi connectivity index (χ4n) is 1.91. The van der Waals surface area contributed by atoms with Crippen molar-refractivity contribution in [3.8, 4) is 0 Å². The van der Waals surface area contributed by atoms with E-state index in [0.717, 1.165) is 5.56 Å². The molecule has 2 N–H and O–H groups in total. The Morgan fingerprint density at radius 2 is 1.52 bits per heavy atom. The Morgan fingerprint density at radius 1 is 1.00 bits per heavy atom. The third kappa shape index (κ3) is 4.53. The predicted octanol–water partition coefficient (Wildman–Crippen LogP) is 3.28. The van der Waals surface area contributed by atoms with Gasteiger partial charge >= 0.3 is 13.3 Å². The summed E-state index contributed by atoms with van der Waals surface area (Å²) < 4.78 is 16.0. The van der Waals surface area contributed by atoms with E-state index < -0.39 is 19.4 Å². The van der Waals surface area contributed by atoms with Crippen LogP contribution in [0.1, 0.15) is 17.2 Å². The van der Waals surface area contributed by atoms with Gasteiger partial charge in [-0.25, -0.2) is 9.36 Å². The fourth-order valence-corrected chi connectivity index (χ4v) is 2.18. The summed E-state index contributed by atoms with van der Waals surface area (Å²) in [5.41, 5.74) is 0.0836. The van der Waals surface area contributed by atoms with Crippen molar-refractivity contribution in [2.45, 2.75) is 12.5 Å². The van der Waals surface area contributed by atoms with E-state index in [2.05, 4.69) is 0 Å². The molecule has 0 aliphatic carbocycles. The van der Waals surface area contributed by atoms with Crippen LogP contribution in [0.25, 0.3) is 0 Å². The molecule has 0 heterocycles. The Hall–Kier alpha value is -1.94. The molecule has 0 saturated heterocycles. The van der Waals surface area contributed by atoms with Crippen molar-refractivity contribution in [3.05, 3.63) is 71.8 Å². The van der Waals surface area contributed by atoms with Crippen molar-refractivity contribution in [1.29, 1.82) is 0 Å². The second kappa shape index (κ2) is 6.68. The van der Waals surface area contributed by atoms with Crippen molar-refractivity contribution >= 4 is 13.3 Å². The van der Waals surface area contributed by atoms with Crippen LogP contribution in [0.3, 0.4) is 0 Å². The number of ether oxygens (including phenoxy) is 1. The van der Waals surface area contributed by atoms with E-state index in [-0.39, 0.29) is 0 Å². The van der Waals surface area contributed by atoms with Gasteiger partial charge in [-0.1, -0.05) is 60.7 Å². The Kier molecular flexibility index (Phi) is 4.91. The van der Waals surface area contributed by atoms with Crippen molar-refractivity contribution < 1.29 is 23.9 Å². The van der Waals surface area contributed by atoms with E-state index in [0.29, 0.717) is 12.0 Å². The first-order chi connectivity index (χ1) is 9.97. The summed E-state index contributed by atoms with van der Waals surface area (Å²) in [5, 5.41) is 0. The average Bonchev–Trinajstić information content (AvgIpc) is 2.47. The minimum absolute atomic E-state index is 0.344. The molecular weight excluding hydrogens is 291 g/mol. The molecule has 2 aromatic carbocycles. The predicted molar refractivity (Wildman–Crippen MR) is 77.9 cm³/mol. The molecule has 0 spiro atoms. The first-order valence-electron chi connectivity index (χ1n) is 6.32. The van der Waals surface area contributed by atoms with E-state index >= 15 is 0 Å². The molecule has 0 bridgehead atoms. The summed E-state index contributed by atoms with van der Waals surface area (Å²) in [7, 11) is -4.90. The molecule has 21 heavy (non-hydrogen) atoms. The maximum atomic E-state index is 11.5. The summed E-state index contributed by atoms with van der Waals surface area (Å²) >= 11 is 0. The SMILES string of the molecule is O=C(OC(Cc1ccccc1)c1ccccc1)P(=O)(O)O. The summed E-state index contributed by atoms with van der Waals surface area (Å²) in [5.74, 6) is 0. The maximum Gasteiger partial charge on any atom is 0.433 e. The van der Waals surface area contributed by atoms with Crippen LogP contribution in [-0.2, 0) is 15.7 Å². The van der Waals surface area contributed by atoms with E-state index in [9.17, 15) is 9.36 Å². The number of carbonyl (C=O) groups is 1. The zero-order valence-corrected chi connectivity index (χ0v) is 12.0. The molecule has 0 aliphatic rings. The molecule has 6 heteroatoms. The zero-order valence-electron chi connectivity index (χ0n) is 11.1. The van der Waals surface area contributed by atoms with Crippen LogP contribution in [0.5, 0.6) is 0 Å². The number of rotatable bonds is 5. The quantitative estimate of drug-likeness (QED) is 0.828.